The van der Waals surface area contributed by atoms with E-state index >= 15 is 0 Å². The maximum absolute atomic E-state index is 10.3. The predicted molar refractivity (Wildman–Crippen MR) is 155 cm³/mol. The standard InChI is InChI=1S/C28H50O.C6H14O/c1-18(2)19(3)7-8-20(4)24-11-12-25-23-10-9-21-17-22(29)13-15-27(21,5)26(23)14-16-28(24,25)6;1-3-5-7-6-4-2/h18-26,29H,7-17H2,1-6H3;3-6H2,1-2H3/t19-,20+,21-,22-,23-,24+,25-,26-,27-,28+;/m0./s1. The Labute approximate surface area is 226 Å². The molecule has 0 heterocycles. The van der Waals surface area contributed by atoms with Crippen molar-refractivity contribution in [1.29, 1.82) is 0 Å². The van der Waals surface area contributed by atoms with E-state index in [1.54, 1.807) is 0 Å². The molecule has 2 heteroatoms. The summed E-state index contributed by atoms with van der Waals surface area (Å²) >= 11 is 0. The summed E-state index contributed by atoms with van der Waals surface area (Å²) in [6.45, 7) is 21.3. The molecule has 0 unspecified atom stereocenters. The molecule has 4 aliphatic rings. The molecule has 0 aromatic rings. The van der Waals surface area contributed by atoms with Gasteiger partial charge >= 0.3 is 0 Å². The smallest absolute Gasteiger partial charge is 0.0543 e. The summed E-state index contributed by atoms with van der Waals surface area (Å²) in [4.78, 5) is 0. The second-order valence-electron chi connectivity index (χ2n) is 14.7. The van der Waals surface area contributed by atoms with Crippen molar-refractivity contribution in [1.82, 2.24) is 0 Å². The lowest BCUT2D eigenvalue weighted by Gasteiger charge is -2.61. The van der Waals surface area contributed by atoms with E-state index in [1.165, 1.54) is 57.8 Å². The van der Waals surface area contributed by atoms with Crippen LogP contribution in [0.3, 0.4) is 0 Å². The maximum atomic E-state index is 10.3. The molecule has 0 aromatic heterocycles. The van der Waals surface area contributed by atoms with Gasteiger partial charge in [0.1, 0.15) is 0 Å². The van der Waals surface area contributed by atoms with E-state index in [0.29, 0.717) is 10.8 Å². The van der Waals surface area contributed by atoms with Crippen LogP contribution in [0.25, 0.3) is 0 Å². The highest BCUT2D eigenvalue weighted by molar-refractivity contribution is 5.09. The zero-order valence-electron chi connectivity index (χ0n) is 25.7. The molecule has 4 aliphatic carbocycles. The lowest BCUT2D eigenvalue weighted by Crippen LogP contribution is -2.54. The SMILES string of the molecule is CC(C)[C@@H](C)CC[C@@H](C)[C@H]1CC[C@H]2[C@@H]3CC[C@H]4C[C@@H](O)CC[C@]4(C)[C@H]3CC[C@]12C.CCCOCCC. The van der Waals surface area contributed by atoms with Gasteiger partial charge in [-0.05, 0) is 129 Å². The van der Waals surface area contributed by atoms with Crippen molar-refractivity contribution in [2.24, 2.45) is 58.2 Å². The first kappa shape index (κ1) is 30.5. The van der Waals surface area contributed by atoms with Crippen LogP contribution in [0.5, 0.6) is 0 Å². The predicted octanol–water partition coefficient (Wildman–Crippen LogP) is 9.54. The quantitative estimate of drug-likeness (QED) is 0.317. The van der Waals surface area contributed by atoms with E-state index < -0.39 is 0 Å². The van der Waals surface area contributed by atoms with Gasteiger partial charge in [0.2, 0.25) is 0 Å². The fourth-order valence-electron chi connectivity index (χ4n) is 9.66. The van der Waals surface area contributed by atoms with Crippen molar-refractivity contribution >= 4 is 0 Å². The van der Waals surface area contributed by atoms with E-state index in [0.717, 1.165) is 86.2 Å². The molecule has 4 rings (SSSR count). The summed E-state index contributed by atoms with van der Waals surface area (Å²) in [5, 5.41) is 10.3. The van der Waals surface area contributed by atoms with E-state index in [2.05, 4.69) is 55.4 Å². The van der Waals surface area contributed by atoms with Crippen LogP contribution in [0.4, 0.5) is 0 Å². The largest absolute Gasteiger partial charge is 0.393 e. The molecule has 4 saturated carbocycles. The Balaban J connectivity index is 0.000000454. The Hall–Kier alpha value is -0.0800. The Kier molecular flexibility index (Phi) is 11.3. The molecule has 0 amide bonds. The number of rotatable bonds is 9. The molecule has 0 radical (unpaired) electrons. The fraction of sp³-hybridized carbons (Fsp3) is 1.00. The van der Waals surface area contributed by atoms with Crippen molar-refractivity contribution in [2.75, 3.05) is 13.2 Å². The lowest BCUT2D eigenvalue weighted by molar-refractivity contribution is -0.129. The molecule has 212 valence electrons. The summed E-state index contributed by atoms with van der Waals surface area (Å²) in [6, 6.07) is 0. The summed E-state index contributed by atoms with van der Waals surface area (Å²) in [5.41, 5.74) is 1.14. The van der Waals surface area contributed by atoms with E-state index in [1.807, 2.05) is 0 Å². The van der Waals surface area contributed by atoms with Gasteiger partial charge in [0, 0.05) is 13.2 Å². The van der Waals surface area contributed by atoms with Gasteiger partial charge in [-0.2, -0.15) is 0 Å². The van der Waals surface area contributed by atoms with Crippen LogP contribution < -0.4 is 0 Å². The van der Waals surface area contributed by atoms with Crippen molar-refractivity contribution < 1.29 is 9.84 Å². The average Bonchev–Trinajstić information content (AvgIpc) is 3.20. The van der Waals surface area contributed by atoms with E-state index in [4.69, 9.17) is 4.74 Å². The highest BCUT2D eigenvalue weighted by Crippen LogP contribution is 2.68. The summed E-state index contributed by atoms with van der Waals surface area (Å²) in [5.74, 6) is 7.28. The molecule has 1 N–H and O–H groups in total. The minimum absolute atomic E-state index is 0.0107. The van der Waals surface area contributed by atoms with Crippen LogP contribution in [0, 0.1) is 58.2 Å². The summed E-state index contributed by atoms with van der Waals surface area (Å²) in [7, 11) is 0. The number of aliphatic hydroxyl groups is 1. The third-order valence-electron chi connectivity index (χ3n) is 12.3. The Bertz CT molecular complexity index is 641. The third kappa shape index (κ3) is 6.55. The number of hydrogen-bond acceptors (Lipinski definition) is 2. The molecule has 4 fully saturated rings. The highest BCUT2D eigenvalue weighted by Gasteiger charge is 2.60. The van der Waals surface area contributed by atoms with Gasteiger partial charge in [-0.3, -0.25) is 0 Å². The van der Waals surface area contributed by atoms with Gasteiger partial charge in [-0.1, -0.05) is 68.2 Å². The van der Waals surface area contributed by atoms with Crippen molar-refractivity contribution in [2.45, 2.75) is 145 Å². The van der Waals surface area contributed by atoms with Crippen molar-refractivity contribution in [3.05, 3.63) is 0 Å². The van der Waals surface area contributed by atoms with Crippen molar-refractivity contribution in [3.63, 3.8) is 0 Å². The van der Waals surface area contributed by atoms with Crippen LogP contribution in [0.1, 0.15) is 139 Å². The van der Waals surface area contributed by atoms with Crippen LogP contribution >= 0.6 is 0 Å². The third-order valence-corrected chi connectivity index (χ3v) is 12.3. The molecule has 0 aromatic carbocycles. The molecule has 0 saturated heterocycles. The van der Waals surface area contributed by atoms with Crippen LogP contribution in [0.2, 0.25) is 0 Å². The molecule has 0 spiro atoms. The monoisotopic (exact) mass is 504 g/mol. The number of hydrogen-bond donors (Lipinski definition) is 1. The first-order chi connectivity index (χ1) is 17.1. The van der Waals surface area contributed by atoms with Gasteiger partial charge in [0.15, 0.2) is 0 Å². The van der Waals surface area contributed by atoms with Gasteiger partial charge < -0.3 is 9.84 Å². The first-order valence-corrected chi connectivity index (χ1v) is 16.3. The second kappa shape index (κ2) is 13.3. The van der Waals surface area contributed by atoms with Gasteiger partial charge in [-0.25, -0.2) is 0 Å². The molecule has 2 nitrogen and oxygen atoms in total. The Morgan fingerprint density at radius 3 is 2.06 bits per heavy atom. The van der Waals surface area contributed by atoms with Crippen LogP contribution in [-0.4, -0.2) is 24.4 Å². The molecule has 36 heavy (non-hydrogen) atoms. The Morgan fingerprint density at radius 1 is 0.778 bits per heavy atom. The maximum Gasteiger partial charge on any atom is 0.0543 e. The van der Waals surface area contributed by atoms with E-state index in [-0.39, 0.29) is 6.10 Å². The number of aliphatic hydroxyl groups excluding tert-OH is 1. The number of fused-ring (bicyclic) bond motifs is 5. The molecule has 0 bridgehead atoms. The van der Waals surface area contributed by atoms with Crippen LogP contribution in [-0.2, 0) is 4.74 Å². The number of ether oxygens (including phenoxy) is 1. The molecule has 0 aliphatic heterocycles. The average molecular weight is 505 g/mol. The van der Waals surface area contributed by atoms with Gasteiger partial charge in [0.05, 0.1) is 6.10 Å². The lowest BCUT2D eigenvalue weighted by atomic mass is 9.44. The molecular formula is C34H64O2. The zero-order chi connectivity index (χ0) is 26.5. The highest BCUT2D eigenvalue weighted by atomic mass is 16.5. The molecular weight excluding hydrogens is 440 g/mol. The van der Waals surface area contributed by atoms with Crippen molar-refractivity contribution in [3.8, 4) is 0 Å². The fourth-order valence-corrected chi connectivity index (χ4v) is 9.66. The minimum Gasteiger partial charge on any atom is -0.393 e. The normalized spacial score (nSPS) is 41.5. The summed E-state index contributed by atoms with van der Waals surface area (Å²) < 4.78 is 5.13. The zero-order valence-corrected chi connectivity index (χ0v) is 25.7. The van der Waals surface area contributed by atoms with Gasteiger partial charge in [-0.15, -0.1) is 0 Å². The minimum atomic E-state index is -0.0107. The topological polar surface area (TPSA) is 29.5 Å². The van der Waals surface area contributed by atoms with Gasteiger partial charge in [0.25, 0.3) is 0 Å². The summed E-state index contributed by atoms with van der Waals surface area (Å²) in [6.07, 6.45) is 17.4. The van der Waals surface area contributed by atoms with E-state index in [9.17, 15) is 5.11 Å². The molecule has 10 atom stereocenters. The van der Waals surface area contributed by atoms with Crippen LogP contribution in [0.15, 0.2) is 0 Å². The second-order valence-corrected chi connectivity index (χ2v) is 14.7. The first-order valence-electron chi connectivity index (χ1n) is 16.3. The Morgan fingerprint density at radius 2 is 1.42 bits per heavy atom.